The molecule has 4 fully saturated rings. The number of nitrogens with zero attached hydrogens (tertiary/aromatic N) is 5. The van der Waals surface area contributed by atoms with Gasteiger partial charge in [0.2, 0.25) is 0 Å². The Hall–Kier alpha value is -2.80. The maximum absolute atomic E-state index is 6.47. The highest BCUT2D eigenvalue weighted by Crippen LogP contribution is 2.39. The Morgan fingerprint density at radius 1 is 0.722 bits per heavy atom. The van der Waals surface area contributed by atoms with Crippen molar-refractivity contribution >= 4 is 56.7 Å². The molecule has 36 heavy (non-hydrogen) atoms. The Bertz CT molecular complexity index is 1470. The van der Waals surface area contributed by atoms with E-state index in [1.54, 1.807) is 0 Å². The monoisotopic (exact) mass is 513 g/mol. The average molecular weight is 514 g/mol. The number of halogens is 2. The zero-order valence-corrected chi connectivity index (χ0v) is 21.3. The molecule has 0 radical (unpaired) electrons. The second-order valence-corrected chi connectivity index (χ2v) is 11.1. The lowest BCUT2D eigenvalue weighted by atomic mass is 9.74. The molecule has 4 aliphatic rings. The summed E-state index contributed by atoms with van der Waals surface area (Å²) in [6.07, 6.45) is 1.92. The van der Waals surface area contributed by atoms with E-state index >= 15 is 0 Å². The summed E-state index contributed by atoms with van der Waals surface area (Å²) < 4.78 is 0. The molecule has 4 aromatic carbocycles. The first-order valence-corrected chi connectivity index (χ1v) is 13.0. The van der Waals surface area contributed by atoms with E-state index in [0.717, 1.165) is 56.5 Å². The van der Waals surface area contributed by atoms with Crippen molar-refractivity contribution < 1.29 is 0 Å². The fourth-order valence-electron chi connectivity index (χ4n) is 6.39. The van der Waals surface area contributed by atoms with Crippen LogP contribution in [0.25, 0.3) is 21.5 Å². The van der Waals surface area contributed by atoms with Gasteiger partial charge in [-0.3, -0.25) is 14.7 Å². The lowest BCUT2D eigenvalue weighted by Gasteiger charge is -2.60. The van der Waals surface area contributed by atoms with Gasteiger partial charge >= 0.3 is 0 Å². The van der Waals surface area contributed by atoms with Crippen LogP contribution in [-0.4, -0.2) is 66.3 Å². The molecular weight excluding hydrogens is 489 g/mol. The zero-order chi connectivity index (χ0) is 24.3. The van der Waals surface area contributed by atoms with Crippen molar-refractivity contribution in [3.8, 4) is 0 Å². The molecule has 0 atom stereocenters. The SMILES string of the molecule is Clc1ccc(C(=NN=Cc2c3ccccc3cc3ccccc23)C23CN4CN(CN(C4)C2)C3)cc1Cl. The van der Waals surface area contributed by atoms with Crippen molar-refractivity contribution in [1.82, 2.24) is 14.7 Å². The van der Waals surface area contributed by atoms with Crippen LogP contribution >= 0.6 is 23.2 Å². The molecular formula is C29H25Cl2N5. The average Bonchev–Trinajstić information content (AvgIpc) is 2.87. The van der Waals surface area contributed by atoms with Gasteiger partial charge in [-0.05, 0) is 39.7 Å². The summed E-state index contributed by atoms with van der Waals surface area (Å²) in [5, 5.41) is 15.5. The van der Waals surface area contributed by atoms with Gasteiger partial charge in [0.15, 0.2) is 0 Å². The molecule has 0 N–H and O–H groups in total. The van der Waals surface area contributed by atoms with E-state index in [9.17, 15) is 0 Å². The van der Waals surface area contributed by atoms with Crippen LogP contribution < -0.4 is 0 Å². The second-order valence-electron chi connectivity index (χ2n) is 10.2. The first-order chi connectivity index (χ1) is 17.6. The number of benzene rings is 4. The zero-order valence-electron chi connectivity index (χ0n) is 19.7. The maximum Gasteiger partial charge on any atom is 0.0803 e. The number of rotatable bonds is 4. The highest BCUT2D eigenvalue weighted by molar-refractivity contribution is 6.42. The third-order valence-electron chi connectivity index (χ3n) is 7.63. The summed E-state index contributed by atoms with van der Waals surface area (Å²) in [5.41, 5.74) is 2.91. The van der Waals surface area contributed by atoms with Crippen molar-refractivity contribution in [2.24, 2.45) is 15.6 Å². The molecule has 0 saturated carbocycles. The van der Waals surface area contributed by atoms with Crippen LogP contribution in [0, 0.1) is 5.41 Å². The fourth-order valence-corrected chi connectivity index (χ4v) is 6.69. The Labute approximate surface area is 220 Å². The lowest BCUT2D eigenvalue weighted by Crippen LogP contribution is -2.74. The minimum Gasteiger partial charge on any atom is -0.276 e. The number of hydrogen-bond acceptors (Lipinski definition) is 5. The summed E-state index contributed by atoms with van der Waals surface area (Å²) in [4.78, 5) is 7.47. The maximum atomic E-state index is 6.47. The van der Waals surface area contributed by atoms with Crippen LogP contribution in [0.15, 0.2) is 83.0 Å². The van der Waals surface area contributed by atoms with Crippen LogP contribution in [0.3, 0.4) is 0 Å². The molecule has 0 aromatic heterocycles. The normalized spacial score (nSPS) is 27.5. The predicted octanol–water partition coefficient (Wildman–Crippen LogP) is 5.93. The van der Waals surface area contributed by atoms with Crippen molar-refractivity contribution in [3.05, 3.63) is 94.0 Å². The van der Waals surface area contributed by atoms with Gasteiger partial charge in [-0.2, -0.15) is 10.2 Å². The molecule has 4 heterocycles. The molecule has 0 amide bonds. The van der Waals surface area contributed by atoms with Gasteiger partial charge in [0, 0.05) is 30.8 Å². The van der Waals surface area contributed by atoms with Crippen molar-refractivity contribution in [1.29, 1.82) is 0 Å². The highest BCUT2D eigenvalue weighted by Gasteiger charge is 2.52. The van der Waals surface area contributed by atoms with Crippen LogP contribution in [-0.2, 0) is 0 Å². The van der Waals surface area contributed by atoms with Crippen molar-refractivity contribution in [2.45, 2.75) is 0 Å². The minimum absolute atomic E-state index is 0.135. The van der Waals surface area contributed by atoms with E-state index in [2.05, 4.69) is 69.3 Å². The Morgan fingerprint density at radius 2 is 1.31 bits per heavy atom. The van der Waals surface area contributed by atoms with Gasteiger partial charge < -0.3 is 0 Å². The third-order valence-corrected chi connectivity index (χ3v) is 8.37. The van der Waals surface area contributed by atoms with Gasteiger partial charge in [0.1, 0.15) is 0 Å². The molecule has 5 nitrogen and oxygen atoms in total. The summed E-state index contributed by atoms with van der Waals surface area (Å²) in [6.45, 7) is 5.93. The van der Waals surface area contributed by atoms with Gasteiger partial charge in [0.25, 0.3) is 0 Å². The summed E-state index contributed by atoms with van der Waals surface area (Å²) in [7, 11) is 0. The van der Waals surface area contributed by atoms with Gasteiger partial charge in [-0.1, -0.05) is 77.8 Å². The van der Waals surface area contributed by atoms with E-state index in [0.29, 0.717) is 10.0 Å². The van der Waals surface area contributed by atoms with Crippen molar-refractivity contribution in [3.63, 3.8) is 0 Å². The summed E-state index contributed by atoms with van der Waals surface area (Å²) in [6, 6.07) is 25.0. The van der Waals surface area contributed by atoms with Crippen LogP contribution in [0.1, 0.15) is 11.1 Å². The Kier molecular flexibility index (Phi) is 5.38. The standard InChI is InChI=1S/C29H25Cl2N5/c30-26-10-9-22(12-27(26)31)28(29-14-34-17-35(15-29)19-36(16-29)18-34)33-32-13-25-23-7-3-1-5-20(23)11-21-6-2-4-8-24(21)25/h1-13H,14-19H2. The predicted molar refractivity (Wildman–Crippen MR) is 149 cm³/mol. The second kappa shape index (κ2) is 8.65. The van der Waals surface area contributed by atoms with Gasteiger partial charge in [0.05, 0.1) is 47.4 Å². The highest BCUT2D eigenvalue weighted by atomic mass is 35.5. The lowest BCUT2D eigenvalue weighted by molar-refractivity contribution is -0.149. The number of fused-ring (bicyclic) bond motifs is 2. The van der Waals surface area contributed by atoms with Gasteiger partial charge in [-0.15, -0.1) is 0 Å². The van der Waals surface area contributed by atoms with Crippen LogP contribution in [0.4, 0.5) is 0 Å². The molecule has 4 aromatic rings. The third kappa shape index (κ3) is 3.74. The van der Waals surface area contributed by atoms with Crippen molar-refractivity contribution in [2.75, 3.05) is 39.6 Å². The molecule has 4 bridgehead atoms. The number of hydrogen-bond donors (Lipinski definition) is 0. The van der Waals surface area contributed by atoms with E-state index in [1.165, 1.54) is 21.5 Å². The van der Waals surface area contributed by atoms with E-state index in [4.69, 9.17) is 33.4 Å². The van der Waals surface area contributed by atoms with Crippen LogP contribution in [0.5, 0.6) is 0 Å². The minimum atomic E-state index is -0.135. The molecule has 8 rings (SSSR count). The molecule has 180 valence electrons. The molecule has 7 heteroatoms. The molecule has 0 spiro atoms. The largest absolute Gasteiger partial charge is 0.276 e. The first-order valence-electron chi connectivity index (χ1n) is 12.2. The van der Waals surface area contributed by atoms with Gasteiger partial charge in [-0.25, -0.2) is 0 Å². The van der Waals surface area contributed by atoms with E-state index in [1.807, 2.05) is 24.4 Å². The summed E-state index contributed by atoms with van der Waals surface area (Å²) in [5.74, 6) is 0. The summed E-state index contributed by atoms with van der Waals surface area (Å²) >= 11 is 12.7. The van der Waals surface area contributed by atoms with Crippen LogP contribution in [0.2, 0.25) is 10.0 Å². The first kappa shape index (κ1) is 22.4. The molecule has 0 aliphatic carbocycles. The fraction of sp³-hybridized carbons (Fsp3) is 0.241. The Balaban J connectivity index is 1.38. The molecule has 0 unspecified atom stereocenters. The smallest absolute Gasteiger partial charge is 0.0803 e. The Morgan fingerprint density at radius 3 is 1.89 bits per heavy atom. The molecule has 4 aliphatic heterocycles. The van der Waals surface area contributed by atoms with E-state index < -0.39 is 0 Å². The topological polar surface area (TPSA) is 34.4 Å². The van der Waals surface area contributed by atoms with E-state index in [-0.39, 0.29) is 5.41 Å². The molecule has 4 saturated heterocycles. The quantitative estimate of drug-likeness (QED) is 0.192.